The van der Waals surface area contributed by atoms with Gasteiger partial charge in [-0.15, -0.1) is 0 Å². The van der Waals surface area contributed by atoms with Crippen molar-refractivity contribution in [3.8, 4) is 5.75 Å². The van der Waals surface area contributed by atoms with Crippen LogP contribution in [0.4, 0.5) is 0 Å². The third kappa shape index (κ3) is 4.56. The van der Waals surface area contributed by atoms with Gasteiger partial charge in [0.15, 0.2) is 0 Å². The number of benzene rings is 1. The maximum atomic E-state index is 5.53. The van der Waals surface area contributed by atoms with Gasteiger partial charge in [0.2, 0.25) is 0 Å². The molecule has 1 aliphatic heterocycles. The molecule has 3 rings (SSSR count). The van der Waals surface area contributed by atoms with Crippen molar-refractivity contribution in [3.63, 3.8) is 0 Å². The molecule has 1 aromatic carbocycles. The quantitative estimate of drug-likeness (QED) is 0.835. The fourth-order valence-corrected chi connectivity index (χ4v) is 2.96. The molecule has 0 atom stereocenters. The van der Waals surface area contributed by atoms with Crippen LogP contribution in [0.1, 0.15) is 16.8 Å². The molecular formula is C18H26N4O2. The zero-order valence-electron chi connectivity index (χ0n) is 14.5. The summed E-state index contributed by atoms with van der Waals surface area (Å²) in [4.78, 5) is 2.41. The van der Waals surface area contributed by atoms with Crippen molar-refractivity contribution in [1.82, 2.24) is 20.0 Å². The lowest BCUT2D eigenvalue weighted by molar-refractivity contribution is 0.0339. The molecule has 0 radical (unpaired) electrons. The Morgan fingerprint density at radius 2 is 2.04 bits per heavy atom. The van der Waals surface area contributed by atoms with Gasteiger partial charge in [-0.1, -0.05) is 6.07 Å². The van der Waals surface area contributed by atoms with Gasteiger partial charge in [-0.25, -0.2) is 0 Å². The largest absolute Gasteiger partial charge is 0.496 e. The second-order valence-electron chi connectivity index (χ2n) is 6.12. The van der Waals surface area contributed by atoms with E-state index in [0.29, 0.717) is 0 Å². The Morgan fingerprint density at radius 3 is 2.75 bits per heavy atom. The predicted octanol–water partition coefficient (Wildman–Crippen LogP) is 1.55. The third-order valence-corrected chi connectivity index (χ3v) is 4.25. The van der Waals surface area contributed by atoms with Crippen LogP contribution in [0.2, 0.25) is 0 Å². The fraction of sp³-hybridized carbons (Fsp3) is 0.500. The molecule has 0 bridgehead atoms. The number of hydrogen-bond donors (Lipinski definition) is 1. The third-order valence-electron chi connectivity index (χ3n) is 4.25. The number of ether oxygens (including phenoxy) is 2. The summed E-state index contributed by atoms with van der Waals surface area (Å²) in [5.74, 6) is 0.954. The number of nitrogens with one attached hydrogen (secondary N) is 1. The number of hydrogen-bond acceptors (Lipinski definition) is 5. The van der Waals surface area contributed by atoms with Crippen molar-refractivity contribution < 1.29 is 9.47 Å². The van der Waals surface area contributed by atoms with E-state index >= 15 is 0 Å². The number of nitrogens with zero attached hydrogens (tertiary/aromatic N) is 3. The Balaban J connectivity index is 1.59. The standard InChI is InChI=1S/C18H26N4O2/c1-21-6-5-17(20-21)13-19-12-15-3-4-18(23-2)16(11-15)14-22-7-9-24-10-8-22/h3-6,11,19H,7-10,12-14H2,1-2H3. The molecule has 1 fully saturated rings. The summed E-state index contributed by atoms with van der Waals surface area (Å²) in [5, 5.41) is 7.83. The number of aryl methyl sites for hydroxylation is 1. The van der Waals surface area contributed by atoms with E-state index in [1.165, 1.54) is 11.1 Å². The Bertz CT molecular complexity index is 650. The van der Waals surface area contributed by atoms with E-state index in [2.05, 4.69) is 33.5 Å². The minimum absolute atomic E-state index is 0.770. The summed E-state index contributed by atoms with van der Waals surface area (Å²) in [6.45, 7) is 6.07. The molecule has 6 heteroatoms. The Kier molecular flexibility index (Phi) is 5.85. The highest BCUT2D eigenvalue weighted by Gasteiger charge is 2.13. The van der Waals surface area contributed by atoms with Gasteiger partial charge in [0.1, 0.15) is 5.75 Å². The van der Waals surface area contributed by atoms with Crippen LogP contribution < -0.4 is 10.1 Å². The molecule has 130 valence electrons. The van der Waals surface area contributed by atoms with Crippen LogP contribution in [0, 0.1) is 0 Å². The zero-order chi connectivity index (χ0) is 16.8. The van der Waals surface area contributed by atoms with E-state index in [-0.39, 0.29) is 0 Å². The van der Waals surface area contributed by atoms with Crippen molar-refractivity contribution in [3.05, 3.63) is 47.3 Å². The maximum Gasteiger partial charge on any atom is 0.123 e. The van der Waals surface area contributed by atoms with Crippen LogP contribution in [0.25, 0.3) is 0 Å². The zero-order valence-corrected chi connectivity index (χ0v) is 14.5. The van der Waals surface area contributed by atoms with Gasteiger partial charge in [0.25, 0.3) is 0 Å². The molecule has 1 aliphatic rings. The highest BCUT2D eigenvalue weighted by Crippen LogP contribution is 2.22. The van der Waals surface area contributed by atoms with Gasteiger partial charge >= 0.3 is 0 Å². The van der Waals surface area contributed by atoms with Crippen LogP contribution in [0.15, 0.2) is 30.5 Å². The smallest absolute Gasteiger partial charge is 0.123 e. The Labute approximate surface area is 143 Å². The average Bonchev–Trinajstić information content (AvgIpc) is 3.01. The topological polar surface area (TPSA) is 51.5 Å². The first-order valence-corrected chi connectivity index (χ1v) is 8.40. The van der Waals surface area contributed by atoms with Gasteiger partial charge in [-0.2, -0.15) is 5.10 Å². The van der Waals surface area contributed by atoms with Gasteiger partial charge in [0.05, 0.1) is 26.0 Å². The Morgan fingerprint density at radius 1 is 1.21 bits per heavy atom. The lowest BCUT2D eigenvalue weighted by atomic mass is 10.1. The van der Waals surface area contributed by atoms with Crippen molar-refractivity contribution in [2.45, 2.75) is 19.6 Å². The monoisotopic (exact) mass is 330 g/mol. The first-order chi connectivity index (χ1) is 11.7. The van der Waals surface area contributed by atoms with E-state index in [4.69, 9.17) is 9.47 Å². The van der Waals surface area contributed by atoms with Gasteiger partial charge in [0, 0.05) is 51.5 Å². The Hall–Kier alpha value is -1.89. The van der Waals surface area contributed by atoms with Crippen LogP contribution in [0.3, 0.4) is 0 Å². The molecule has 1 aromatic heterocycles. The van der Waals surface area contributed by atoms with Crippen LogP contribution in [0.5, 0.6) is 5.75 Å². The molecule has 0 unspecified atom stereocenters. The van der Waals surface area contributed by atoms with Crippen LogP contribution >= 0.6 is 0 Å². The van der Waals surface area contributed by atoms with E-state index < -0.39 is 0 Å². The van der Waals surface area contributed by atoms with Crippen LogP contribution in [-0.4, -0.2) is 48.1 Å². The molecule has 0 aliphatic carbocycles. The molecule has 0 spiro atoms. The lowest BCUT2D eigenvalue weighted by Crippen LogP contribution is -2.35. The fourth-order valence-electron chi connectivity index (χ4n) is 2.96. The minimum Gasteiger partial charge on any atom is -0.496 e. The molecule has 2 heterocycles. The predicted molar refractivity (Wildman–Crippen MR) is 92.8 cm³/mol. The van der Waals surface area contributed by atoms with Crippen molar-refractivity contribution >= 4 is 0 Å². The molecular weight excluding hydrogens is 304 g/mol. The van der Waals surface area contributed by atoms with Crippen molar-refractivity contribution in [2.24, 2.45) is 7.05 Å². The number of aromatic nitrogens is 2. The molecule has 0 saturated carbocycles. The second-order valence-corrected chi connectivity index (χ2v) is 6.12. The van der Waals surface area contributed by atoms with Crippen molar-refractivity contribution in [1.29, 1.82) is 0 Å². The van der Waals surface area contributed by atoms with E-state index in [1.54, 1.807) is 7.11 Å². The summed E-state index contributed by atoms with van der Waals surface area (Å²) >= 11 is 0. The first-order valence-electron chi connectivity index (χ1n) is 8.40. The van der Waals surface area contributed by atoms with E-state index in [9.17, 15) is 0 Å². The second kappa shape index (κ2) is 8.28. The SMILES string of the molecule is COc1ccc(CNCc2ccn(C)n2)cc1CN1CCOCC1. The summed E-state index contributed by atoms with van der Waals surface area (Å²) in [5.41, 5.74) is 3.55. The molecule has 2 aromatic rings. The van der Waals surface area contributed by atoms with Gasteiger partial charge in [-0.3, -0.25) is 9.58 Å². The number of morpholine rings is 1. The van der Waals surface area contributed by atoms with Gasteiger partial charge < -0.3 is 14.8 Å². The maximum absolute atomic E-state index is 5.53. The molecule has 1 N–H and O–H groups in total. The van der Waals surface area contributed by atoms with E-state index in [0.717, 1.165) is 57.4 Å². The normalized spacial score (nSPS) is 15.6. The molecule has 6 nitrogen and oxygen atoms in total. The van der Waals surface area contributed by atoms with Crippen molar-refractivity contribution in [2.75, 3.05) is 33.4 Å². The molecule has 24 heavy (non-hydrogen) atoms. The highest BCUT2D eigenvalue weighted by atomic mass is 16.5. The minimum atomic E-state index is 0.770. The molecule has 0 amide bonds. The van der Waals surface area contributed by atoms with Gasteiger partial charge in [-0.05, 0) is 23.8 Å². The molecule has 1 saturated heterocycles. The highest BCUT2D eigenvalue weighted by molar-refractivity contribution is 5.37. The summed E-state index contributed by atoms with van der Waals surface area (Å²) in [7, 11) is 3.67. The summed E-state index contributed by atoms with van der Waals surface area (Å²) in [6.07, 6.45) is 1.96. The van der Waals surface area contributed by atoms with Crippen LogP contribution in [-0.2, 0) is 31.4 Å². The van der Waals surface area contributed by atoms with E-state index in [1.807, 2.05) is 24.0 Å². The summed E-state index contributed by atoms with van der Waals surface area (Å²) < 4.78 is 12.8. The summed E-state index contributed by atoms with van der Waals surface area (Å²) in [6, 6.07) is 8.45. The average molecular weight is 330 g/mol. The lowest BCUT2D eigenvalue weighted by Gasteiger charge is -2.27. The first kappa shape index (κ1) is 17.0. The number of methoxy groups -OCH3 is 1. The number of rotatable bonds is 7.